The normalized spacial score (nSPS) is 19.8. The Bertz CT molecular complexity index is 403. The van der Waals surface area contributed by atoms with Crippen molar-refractivity contribution >= 4 is 15.9 Å². The lowest BCUT2D eigenvalue weighted by molar-refractivity contribution is -0.187. The van der Waals surface area contributed by atoms with E-state index in [0.29, 0.717) is 36.2 Å². The summed E-state index contributed by atoms with van der Waals surface area (Å²) in [5.41, 5.74) is 0.291. The van der Waals surface area contributed by atoms with Crippen molar-refractivity contribution in [2.75, 3.05) is 26.2 Å². The van der Waals surface area contributed by atoms with E-state index in [0.717, 1.165) is 0 Å². The zero-order valence-electron chi connectivity index (χ0n) is 9.67. The van der Waals surface area contributed by atoms with Crippen LogP contribution in [-0.4, -0.2) is 37.3 Å². The van der Waals surface area contributed by atoms with E-state index in [1.807, 2.05) is 0 Å². The minimum Gasteiger partial charge on any atom is -0.314 e. The fraction of sp³-hybridized carbons (Fsp3) is 0.500. The van der Waals surface area contributed by atoms with Crippen LogP contribution >= 0.6 is 15.9 Å². The molecule has 18 heavy (non-hydrogen) atoms. The summed E-state index contributed by atoms with van der Waals surface area (Å²) >= 11 is 3.22. The number of alkyl halides is 3. The van der Waals surface area contributed by atoms with Crippen molar-refractivity contribution in [2.45, 2.75) is 12.2 Å². The highest BCUT2D eigenvalue weighted by Gasteiger charge is 2.44. The molecule has 2 rings (SSSR count). The maximum absolute atomic E-state index is 13.2. The molecule has 0 spiro atoms. The van der Waals surface area contributed by atoms with Gasteiger partial charge >= 0.3 is 6.18 Å². The van der Waals surface area contributed by atoms with Crippen LogP contribution in [0, 0.1) is 0 Å². The van der Waals surface area contributed by atoms with Crippen molar-refractivity contribution in [3.63, 3.8) is 0 Å². The zero-order chi connectivity index (χ0) is 13.2. The molecule has 1 aliphatic rings. The van der Waals surface area contributed by atoms with Crippen LogP contribution in [0.5, 0.6) is 0 Å². The predicted molar refractivity (Wildman–Crippen MR) is 67.4 cm³/mol. The lowest BCUT2D eigenvalue weighted by Crippen LogP contribution is -2.49. The van der Waals surface area contributed by atoms with Gasteiger partial charge in [0.25, 0.3) is 0 Å². The topological polar surface area (TPSA) is 15.3 Å². The number of piperazine rings is 1. The van der Waals surface area contributed by atoms with Crippen molar-refractivity contribution in [3.05, 3.63) is 34.3 Å². The van der Waals surface area contributed by atoms with Crippen LogP contribution < -0.4 is 5.32 Å². The SMILES string of the molecule is FC(F)(F)[C@H](c1cccc(Br)c1)N1CCNCC1. The lowest BCUT2D eigenvalue weighted by Gasteiger charge is -2.36. The van der Waals surface area contributed by atoms with Crippen LogP contribution in [0.1, 0.15) is 11.6 Å². The number of hydrogen-bond acceptors (Lipinski definition) is 2. The third-order valence-electron chi connectivity index (χ3n) is 2.99. The van der Waals surface area contributed by atoms with Crippen molar-refractivity contribution in [1.82, 2.24) is 10.2 Å². The molecule has 0 radical (unpaired) electrons. The first-order chi connectivity index (χ1) is 8.48. The second kappa shape index (κ2) is 5.59. The van der Waals surface area contributed by atoms with Crippen LogP contribution in [-0.2, 0) is 0 Å². The zero-order valence-corrected chi connectivity index (χ0v) is 11.3. The third kappa shape index (κ3) is 3.24. The molecule has 0 bridgehead atoms. The number of hydrogen-bond donors (Lipinski definition) is 1. The monoisotopic (exact) mass is 322 g/mol. The minimum absolute atomic E-state index is 0.291. The van der Waals surface area contributed by atoms with Gasteiger partial charge in [0.15, 0.2) is 0 Å². The average molecular weight is 323 g/mol. The predicted octanol–water partition coefficient (Wildman–Crippen LogP) is 2.96. The molecular formula is C12H14BrF3N2. The van der Waals surface area contributed by atoms with E-state index in [4.69, 9.17) is 0 Å². The molecule has 0 aromatic heterocycles. The molecular weight excluding hydrogens is 309 g/mol. The van der Waals surface area contributed by atoms with Gasteiger partial charge in [-0.1, -0.05) is 28.1 Å². The highest BCUT2D eigenvalue weighted by atomic mass is 79.9. The van der Waals surface area contributed by atoms with Crippen molar-refractivity contribution in [3.8, 4) is 0 Å². The van der Waals surface area contributed by atoms with Gasteiger partial charge in [-0.3, -0.25) is 4.90 Å². The molecule has 1 heterocycles. The van der Waals surface area contributed by atoms with E-state index >= 15 is 0 Å². The van der Waals surface area contributed by atoms with Gasteiger partial charge in [-0.05, 0) is 17.7 Å². The Balaban J connectivity index is 2.30. The summed E-state index contributed by atoms with van der Waals surface area (Å²) in [5, 5.41) is 3.07. The van der Waals surface area contributed by atoms with Gasteiger partial charge in [-0.25, -0.2) is 0 Å². The van der Waals surface area contributed by atoms with Crippen LogP contribution in [0.25, 0.3) is 0 Å². The summed E-state index contributed by atoms with van der Waals surface area (Å²) in [6.07, 6.45) is -4.25. The van der Waals surface area contributed by atoms with E-state index in [-0.39, 0.29) is 0 Å². The number of nitrogens with zero attached hydrogens (tertiary/aromatic N) is 1. The number of benzene rings is 1. The Morgan fingerprint density at radius 2 is 1.89 bits per heavy atom. The van der Waals surface area contributed by atoms with Gasteiger partial charge < -0.3 is 5.32 Å². The standard InChI is InChI=1S/C12H14BrF3N2/c13-10-3-1-2-9(8-10)11(12(14,15)16)18-6-4-17-5-7-18/h1-3,8,11,17H,4-7H2/t11-/m0/s1. The van der Waals surface area contributed by atoms with E-state index in [2.05, 4.69) is 21.2 Å². The molecule has 0 saturated carbocycles. The van der Waals surface area contributed by atoms with E-state index in [1.165, 1.54) is 11.0 Å². The Kier molecular flexibility index (Phi) is 4.29. The Hall–Kier alpha value is -0.590. The highest BCUT2D eigenvalue weighted by molar-refractivity contribution is 9.10. The van der Waals surface area contributed by atoms with E-state index in [9.17, 15) is 13.2 Å². The number of nitrogens with one attached hydrogen (secondary N) is 1. The molecule has 1 aromatic carbocycles. The summed E-state index contributed by atoms with van der Waals surface area (Å²) in [4.78, 5) is 1.48. The molecule has 0 unspecified atom stereocenters. The summed E-state index contributed by atoms with van der Waals surface area (Å²) in [6.45, 7) is 2.02. The molecule has 2 nitrogen and oxygen atoms in total. The van der Waals surface area contributed by atoms with Gasteiger partial charge in [-0.15, -0.1) is 0 Å². The summed E-state index contributed by atoms with van der Waals surface area (Å²) in [6, 6.07) is 4.93. The number of halogens is 4. The molecule has 1 N–H and O–H groups in total. The molecule has 100 valence electrons. The van der Waals surface area contributed by atoms with Crippen LogP contribution in [0.3, 0.4) is 0 Å². The minimum atomic E-state index is -4.25. The Morgan fingerprint density at radius 1 is 1.22 bits per heavy atom. The molecule has 1 aliphatic heterocycles. The molecule has 1 saturated heterocycles. The van der Waals surface area contributed by atoms with Gasteiger partial charge in [0.2, 0.25) is 0 Å². The van der Waals surface area contributed by atoms with E-state index in [1.54, 1.807) is 18.2 Å². The highest BCUT2D eigenvalue weighted by Crippen LogP contribution is 2.38. The quantitative estimate of drug-likeness (QED) is 0.900. The van der Waals surface area contributed by atoms with Crippen molar-refractivity contribution in [1.29, 1.82) is 0 Å². The summed E-state index contributed by atoms with van der Waals surface area (Å²) < 4.78 is 40.4. The smallest absolute Gasteiger partial charge is 0.314 e. The van der Waals surface area contributed by atoms with Crippen LogP contribution in [0.4, 0.5) is 13.2 Å². The number of rotatable bonds is 2. The van der Waals surface area contributed by atoms with Crippen LogP contribution in [0.2, 0.25) is 0 Å². The maximum Gasteiger partial charge on any atom is 0.408 e. The second-order valence-corrected chi connectivity index (χ2v) is 5.20. The first-order valence-electron chi connectivity index (χ1n) is 5.75. The third-order valence-corrected chi connectivity index (χ3v) is 3.48. The molecule has 0 amide bonds. The molecule has 1 fully saturated rings. The first kappa shape index (κ1) is 13.8. The summed E-state index contributed by atoms with van der Waals surface area (Å²) in [7, 11) is 0. The van der Waals surface area contributed by atoms with Gasteiger partial charge in [0.1, 0.15) is 6.04 Å². The Labute approximate surface area is 112 Å². The molecule has 0 aliphatic carbocycles. The van der Waals surface area contributed by atoms with Gasteiger partial charge in [-0.2, -0.15) is 13.2 Å². The fourth-order valence-corrected chi connectivity index (χ4v) is 2.64. The average Bonchev–Trinajstić information content (AvgIpc) is 2.28. The molecule has 6 heteroatoms. The fourth-order valence-electron chi connectivity index (χ4n) is 2.22. The first-order valence-corrected chi connectivity index (χ1v) is 6.55. The van der Waals surface area contributed by atoms with Gasteiger partial charge in [0, 0.05) is 30.7 Å². The lowest BCUT2D eigenvalue weighted by atomic mass is 10.0. The molecule has 1 aromatic rings. The Morgan fingerprint density at radius 3 is 2.44 bits per heavy atom. The largest absolute Gasteiger partial charge is 0.408 e. The maximum atomic E-state index is 13.2. The van der Waals surface area contributed by atoms with Crippen molar-refractivity contribution in [2.24, 2.45) is 0 Å². The summed E-state index contributed by atoms with van der Waals surface area (Å²) in [5.74, 6) is 0. The second-order valence-electron chi connectivity index (χ2n) is 4.29. The van der Waals surface area contributed by atoms with Crippen LogP contribution in [0.15, 0.2) is 28.7 Å². The van der Waals surface area contributed by atoms with E-state index < -0.39 is 12.2 Å². The molecule has 1 atom stereocenters. The van der Waals surface area contributed by atoms with Crippen molar-refractivity contribution < 1.29 is 13.2 Å². The van der Waals surface area contributed by atoms with Gasteiger partial charge in [0.05, 0.1) is 0 Å².